The van der Waals surface area contributed by atoms with Gasteiger partial charge in [0.1, 0.15) is 0 Å². The Kier molecular flexibility index (Phi) is 5.53. The number of nitrogens with one attached hydrogen (secondary N) is 1. The lowest BCUT2D eigenvalue weighted by atomic mass is 9.99. The van der Waals surface area contributed by atoms with Gasteiger partial charge in [-0.3, -0.25) is 4.79 Å². The second-order valence-corrected chi connectivity index (χ2v) is 5.50. The molecule has 1 amide bonds. The lowest BCUT2D eigenvalue weighted by Gasteiger charge is -2.35. The first-order chi connectivity index (χ1) is 10.2. The Morgan fingerprint density at radius 2 is 2.29 bits per heavy atom. The number of anilines is 1. The predicted molar refractivity (Wildman–Crippen MR) is 81.9 cm³/mol. The van der Waals surface area contributed by atoms with Crippen molar-refractivity contribution in [3.05, 3.63) is 23.6 Å². The van der Waals surface area contributed by atoms with Crippen LogP contribution in [0.2, 0.25) is 0 Å². The summed E-state index contributed by atoms with van der Waals surface area (Å²) in [6.07, 6.45) is 6.44. The third-order valence-electron chi connectivity index (χ3n) is 4.02. The van der Waals surface area contributed by atoms with E-state index in [2.05, 4.69) is 17.2 Å². The Morgan fingerprint density at radius 1 is 1.48 bits per heavy atom. The number of pyridine rings is 1. The van der Waals surface area contributed by atoms with Crippen molar-refractivity contribution in [1.82, 2.24) is 9.88 Å². The molecule has 1 fully saturated rings. The molecule has 2 heterocycles. The molecule has 116 valence electrons. The van der Waals surface area contributed by atoms with E-state index in [1.807, 2.05) is 11.8 Å². The van der Waals surface area contributed by atoms with Crippen LogP contribution in [0.15, 0.2) is 12.3 Å². The molecule has 0 aliphatic carbocycles. The van der Waals surface area contributed by atoms with Crippen molar-refractivity contribution in [2.75, 3.05) is 18.4 Å². The summed E-state index contributed by atoms with van der Waals surface area (Å²) in [7, 11) is 0. The minimum atomic E-state index is -0.531. The average Bonchev–Trinajstić information content (AvgIpc) is 2.53. The van der Waals surface area contributed by atoms with Gasteiger partial charge in [-0.2, -0.15) is 0 Å². The first kappa shape index (κ1) is 15.7. The molecule has 4 nitrogen and oxygen atoms in total. The minimum absolute atomic E-state index is 0.129. The van der Waals surface area contributed by atoms with Gasteiger partial charge in [-0.25, -0.2) is 9.37 Å². The van der Waals surface area contributed by atoms with Crippen LogP contribution in [0.3, 0.4) is 0 Å². The van der Waals surface area contributed by atoms with Crippen molar-refractivity contribution in [1.29, 1.82) is 0 Å². The first-order valence-corrected chi connectivity index (χ1v) is 7.88. The molecule has 0 bridgehead atoms. The molecule has 1 unspecified atom stereocenters. The fourth-order valence-corrected chi connectivity index (χ4v) is 2.82. The Bertz CT molecular complexity index is 492. The largest absolute Gasteiger partial charge is 0.368 e. The third kappa shape index (κ3) is 3.52. The van der Waals surface area contributed by atoms with Gasteiger partial charge < -0.3 is 10.2 Å². The second-order valence-electron chi connectivity index (χ2n) is 5.50. The highest BCUT2D eigenvalue weighted by Crippen LogP contribution is 2.24. The van der Waals surface area contributed by atoms with E-state index in [-0.39, 0.29) is 23.3 Å². The molecule has 1 N–H and O–H groups in total. The monoisotopic (exact) mass is 293 g/mol. The van der Waals surface area contributed by atoms with Crippen molar-refractivity contribution in [3.8, 4) is 0 Å². The summed E-state index contributed by atoms with van der Waals surface area (Å²) in [5.74, 6) is -0.565. The SMILES string of the molecule is CCCNc1nccc(C(=O)N2CCCCC2CC)c1F. The zero-order valence-electron chi connectivity index (χ0n) is 12.9. The molecule has 5 heteroatoms. The van der Waals surface area contributed by atoms with Crippen LogP contribution >= 0.6 is 0 Å². The molecule has 0 saturated carbocycles. The molecule has 1 aromatic heterocycles. The third-order valence-corrected chi connectivity index (χ3v) is 4.02. The highest BCUT2D eigenvalue weighted by atomic mass is 19.1. The lowest BCUT2D eigenvalue weighted by molar-refractivity contribution is 0.0603. The average molecular weight is 293 g/mol. The van der Waals surface area contributed by atoms with E-state index in [0.717, 1.165) is 38.6 Å². The number of hydrogen-bond donors (Lipinski definition) is 1. The molecule has 1 aromatic rings. The molecule has 2 rings (SSSR count). The molecular weight excluding hydrogens is 269 g/mol. The fourth-order valence-electron chi connectivity index (χ4n) is 2.82. The van der Waals surface area contributed by atoms with E-state index in [9.17, 15) is 9.18 Å². The minimum Gasteiger partial charge on any atom is -0.368 e. The van der Waals surface area contributed by atoms with Crippen molar-refractivity contribution < 1.29 is 9.18 Å². The first-order valence-electron chi connectivity index (χ1n) is 7.88. The normalized spacial score (nSPS) is 18.6. The molecule has 1 atom stereocenters. The van der Waals surface area contributed by atoms with Crippen molar-refractivity contribution in [3.63, 3.8) is 0 Å². The number of amides is 1. The van der Waals surface area contributed by atoms with Gasteiger partial charge in [0.05, 0.1) is 5.56 Å². The number of hydrogen-bond acceptors (Lipinski definition) is 3. The summed E-state index contributed by atoms with van der Waals surface area (Å²) in [6.45, 7) is 5.44. The van der Waals surface area contributed by atoms with Crippen LogP contribution in [0.5, 0.6) is 0 Å². The Morgan fingerprint density at radius 3 is 3.00 bits per heavy atom. The highest BCUT2D eigenvalue weighted by molar-refractivity contribution is 5.95. The molecule has 1 aliphatic heterocycles. The van der Waals surface area contributed by atoms with E-state index in [1.165, 1.54) is 12.3 Å². The Hall–Kier alpha value is -1.65. The van der Waals surface area contributed by atoms with Crippen molar-refractivity contribution >= 4 is 11.7 Å². The number of nitrogens with zero attached hydrogens (tertiary/aromatic N) is 2. The zero-order chi connectivity index (χ0) is 15.2. The van der Waals surface area contributed by atoms with E-state index in [4.69, 9.17) is 0 Å². The maximum absolute atomic E-state index is 14.5. The Labute approximate surface area is 125 Å². The second kappa shape index (κ2) is 7.38. The van der Waals surface area contributed by atoms with E-state index < -0.39 is 5.82 Å². The maximum atomic E-state index is 14.5. The summed E-state index contributed by atoms with van der Waals surface area (Å²) in [6, 6.07) is 1.71. The maximum Gasteiger partial charge on any atom is 0.257 e. The van der Waals surface area contributed by atoms with Gasteiger partial charge in [-0.05, 0) is 38.2 Å². The van der Waals surface area contributed by atoms with E-state index in [0.29, 0.717) is 6.54 Å². The topological polar surface area (TPSA) is 45.2 Å². The lowest BCUT2D eigenvalue weighted by Crippen LogP contribution is -2.43. The number of rotatable bonds is 5. The molecule has 1 aliphatic rings. The van der Waals surface area contributed by atoms with Crippen LogP contribution < -0.4 is 5.32 Å². The van der Waals surface area contributed by atoms with E-state index >= 15 is 0 Å². The molecule has 1 saturated heterocycles. The molecule has 21 heavy (non-hydrogen) atoms. The molecule has 0 radical (unpaired) electrons. The summed E-state index contributed by atoms with van der Waals surface area (Å²) in [5, 5.41) is 2.93. The van der Waals surface area contributed by atoms with Gasteiger partial charge in [-0.1, -0.05) is 13.8 Å². The van der Waals surface area contributed by atoms with Crippen LogP contribution in [-0.4, -0.2) is 34.9 Å². The van der Waals surface area contributed by atoms with Crippen molar-refractivity contribution in [2.45, 2.75) is 52.0 Å². The van der Waals surface area contributed by atoms with Crippen molar-refractivity contribution in [2.24, 2.45) is 0 Å². The number of carbonyl (C=O) groups excluding carboxylic acids is 1. The quantitative estimate of drug-likeness (QED) is 0.904. The number of carbonyl (C=O) groups is 1. The van der Waals surface area contributed by atoms with Crippen LogP contribution in [0.4, 0.5) is 10.2 Å². The van der Waals surface area contributed by atoms with Gasteiger partial charge in [0.15, 0.2) is 11.6 Å². The van der Waals surface area contributed by atoms with Crippen LogP contribution in [0.1, 0.15) is 56.3 Å². The zero-order valence-corrected chi connectivity index (χ0v) is 12.9. The smallest absolute Gasteiger partial charge is 0.257 e. The van der Waals surface area contributed by atoms with E-state index in [1.54, 1.807) is 0 Å². The molecule has 0 spiro atoms. The highest BCUT2D eigenvalue weighted by Gasteiger charge is 2.28. The van der Waals surface area contributed by atoms with Gasteiger partial charge >= 0.3 is 0 Å². The van der Waals surface area contributed by atoms with Crippen LogP contribution in [0.25, 0.3) is 0 Å². The Balaban J connectivity index is 2.22. The summed E-state index contributed by atoms with van der Waals surface area (Å²) in [5.41, 5.74) is 0.129. The number of piperidine rings is 1. The van der Waals surface area contributed by atoms with Crippen LogP contribution in [-0.2, 0) is 0 Å². The number of aromatic nitrogens is 1. The standard InChI is InChI=1S/C16H24FN3O/c1-3-9-18-15-14(17)13(8-10-19-15)16(21)20-11-6-5-7-12(20)4-2/h8,10,12H,3-7,9,11H2,1-2H3,(H,18,19). The number of halogens is 1. The predicted octanol–water partition coefficient (Wildman–Crippen LogP) is 3.45. The van der Waals surface area contributed by atoms with Gasteiger partial charge in [0.25, 0.3) is 5.91 Å². The number of likely N-dealkylation sites (tertiary alicyclic amines) is 1. The summed E-state index contributed by atoms with van der Waals surface area (Å²) in [4.78, 5) is 18.5. The van der Waals surface area contributed by atoms with Gasteiger partial charge in [-0.15, -0.1) is 0 Å². The van der Waals surface area contributed by atoms with Gasteiger partial charge in [0.2, 0.25) is 0 Å². The van der Waals surface area contributed by atoms with Gasteiger partial charge in [0, 0.05) is 25.3 Å². The summed E-state index contributed by atoms with van der Waals surface area (Å²) < 4.78 is 14.5. The molecular formula is C16H24FN3O. The summed E-state index contributed by atoms with van der Waals surface area (Å²) >= 11 is 0. The fraction of sp³-hybridized carbons (Fsp3) is 0.625. The van der Waals surface area contributed by atoms with Crippen LogP contribution in [0, 0.1) is 5.82 Å². The molecule has 0 aromatic carbocycles.